The van der Waals surface area contributed by atoms with E-state index in [0.29, 0.717) is 25.1 Å². The summed E-state index contributed by atoms with van der Waals surface area (Å²) in [4.78, 5) is 11.0. The number of hydrogen-bond donors (Lipinski definition) is 1. The third kappa shape index (κ3) is 5.61. The summed E-state index contributed by atoms with van der Waals surface area (Å²) in [6.07, 6.45) is -1.37. The molecule has 0 aromatic heterocycles. The van der Waals surface area contributed by atoms with Gasteiger partial charge in [0.2, 0.25) is 5.91 Å². The Labute approximate surface area is 105 Å². The Morgan fingerprint density at radius 3 is 2.89 bits per heavy atom. The first kappa shape index (κ1) is 14.4. The molecule has 1 amide bonds. The highest BCUT2D eigenvalue weighted by Crippen LogP contribution is 2.14. The molecule has 0 radical (unpaired) electrons. The van der Waals surface area contributed by atoms with Crippen molar-refractivity contribution >= 4 is 5.91 Å². The molecule has 1 aromatic rings. The molecule has 100 valence electrons. The lowest BCUT2D eigenvalue weighted by Gasteiger charge is -2.08. The molecular formula is C13H17F2NO2. The highest BCUT2D eigenvalue weighted by Gasteiger charge is 2.04. The summed E-state index contributed by atoms with van der Waals surface area (Å²) in [5.41, 5.74) is 0.943. The molecule has 0 atom stereocenters. The number of benzene rings is 1. The van der Waals surface area contributed by atoms with Crippen LogP contribution in [0.15, 0.2) is 24.3 Å². The molecule has 5 heteroatoms. The quantitative estimate of drug-likeness (QED) is 0.814. The van der Waals surface area contributed by atoms with Crippen molar-refractivity contribution in [1.29, 1.82) is 0 Å². The van der Waals surface area contributed by atoms with Gasteiger partial charge < -0.3 is 10.1 Å². The predicted octanol–water partition coefficient (Wildman–Crippen LogP) is 2.40. The molecule has 0 aliphatic rings. The van der Waals surface area contributed by atoms with E-state index in [9.17, 15) is 13.6 Å². The van der Waals surface area contributed by atoms with E-state index in [1.807, 2.05) is 6.07 Å². The van der Waals surface area contributed by atoms with Gasteiger partial charge in [0.15, 0.2) is 0 Å². The van der Waals surface area contributed by atoms with Crippen molar-refractivity contribution in [3.63, 3.8) is 0 Å². The van der Waals surface area contributed by atoms with E-state index in [0.717, 1.165) is 5.56 Å². The average Bonchev–Trinajstić information content (AvgIpc) is 2.36. The van der Waals surface area contributed by atoms with Crippen molar-refractivity contribution in [2.45, 2.75) is 26.2 Å². The first-order valence-electron chi connectivity index (χ1n) is 5.88. The van der Waals surface area contributed by atoms with Crippen LogP contribution in [0, 0.1) is 0 Å². The number of alkyl halides is 2. The zero-order valence-electron chi connectivity index (χ0n) is 10.3. The summed E-state index contributed by atoms with van der Waals surface area (Å²) >= 11 is 0. The van der Waals surface area contributed by atoms with Gasteiger partial charge in [-0.05, 0) is 24.1 Å². The lowest BCUT2D eigenvalue weighted by atomic mass is 10.1. The molecule has 1 aromatic carbocycles. The number of hydrogen-bond acceptors (Lipinski definition) is 2. The molecule has 0 aliphatic heterocycles. The Morgan fingerprint density at radius 2 is 2.22 bits per heavy atom. The lowest BCUT2D eigenvalue weighted by molar-refractivity contribution is -0.120. The molecule has 1 rings (SSSR count). The van der Waals surface area contributed by atoms with Gasteiger partial charge in [-0.1, -0.05) is 19.1 Å². The van der Waals surface area contributed by atoms with Gasteiger partial charge in [-0.2, -0.15) is 0 Å². The molecule has 0 heterocycles. The highest BCUT2D eigenvalue weighted by atomic mass is 19.3. The van der Waals surface area contributed by atoms with Crippen LogP contribution in [-0.4, -0.2) is 25.5 Å². The van der Waals surface area contributed by atoms with E-state index in [1.54, 1.807) is 25.1 Å². The second-order valence-electron chi connectivity index (χ2n) is 3.80. The van der Waals surface area contributed by atoms with Crippen LogP contribution in [-0.2, 0) is 11.2 Å². The van der Waals surface area contributed by atoms with Crippen LogP contribution in [0.3, 0.4) is 0 Å². The Bertz CT molecular complexity index is 383. The number of halogens is 2. The summed E-state index contributed by atoms with van der Waals surface area (Å²) in [5, 5.41) is 2.75. The summed E-state index contributed by atoms with van der Waals surface area (Å²) in [6, 6.07) is 6.96. The van der Waals surface area contributed by atoms with E-state index >= 15 is 0 Å². The second-order valence-corrected chi connectivity index (χ2v) is 3.80. The van der Waals surface area contributed by atoms with Crippen molar-refractivity contribution in [3.05, 3.63) is 29.8 Å². The smallest absolute Gasteiger partial charge is 0.272 e. The molecule has 0 spiro atoms. The maximum Gasteiger partial charge on any atom is 0.272 e. The molecule has 0 fully saturated rings. The lowest BCUT2D eigenvalue weighted by Crippen LogP contribution is -2.24. The van der Waals surface area contributed by atoms with Crippen molar-refractivity contribution < 1.29 is 18.3 Å². The van der Waals surface area contributed by atoms with Crippen molar-refractivity contribution in [2.24, 2.45) is 0 Å². The van der Waals surface area contributed by atoms with Crippen LogP contribution in [0.25, 0.3) is 0 Å². The molecule has 0 aliphatic carbocycles. The van der Waals surface area contributed by atoms with E-state index in [-0.39, 0.29) is 5.91 Å². The Hall–Kier alpha value is -1.65. The fraction of sp³-hybridized carbons (Fsp3) is 0.462. The second kappa shape index (κ2) is 7.63. The maximum atomic E-state index is 12.0. The molecule has 1 N–H and O–H groups in total. The van der Waals surface area contributed by atoms with Crippen LogP contribution in [0.2, 0.25) is 0 Å². The van der Waals surface area contributed by atoms with Crippen molar-refractivity contribution in [1.82, 2.24) is 5.32 Å². The van der Waals surface area contributed by atoms with E-state index in [4.69, 9.17) is 4.74 Å². The Morgan fingerprint density at radius 1 is 1.44 bits per heavy atom. The number of rotatable bonds is 7. The van der Waals surface area contributed by atoms with Gasteiger partial charge in [0.05, 0.1) is 0 Å². The van der Waals surface area contributed by atoms with Crippen molar-refractivity contribution in [3.8, 4) is 5.75 Å². The largest absolute Gasteiger partial charge is 0.488 e. The summed E-state index contributed by atoms with van der Waals surface area (Å²) in [5.74, 6) is 0.426. The molecule has 0 unspecified atom stereocenters. The highest BCUT2D eigenvalue weighted by molar-refractivity contribution is 5.75. The molecule has 0 bridgehead atoms. The minimum atomic E-state index is -2.47. The SMILES string of the molecule is CCC(=O)NCCc1cccc(OCC(F)F)c1. The molecule has 18 heavy (non-hydrogen) atoms. The van der Waals surface area contributed by atoms with Crippen LogP contribution in [0.5, 0.6) is 5.75 Å². The van der Waals surface area contributed by atoms with Crippen LogP contribution in [0.1, 0.15) is 18.9 Å². The van der Waals surface area contributed by atoms with Gasteiger partial charge in [-0.25, -0.2) is 8.78 Å². The molecular weight excluding hydrogens is 240 g/mol. The third-order valence-corrected chi connectivity index (χ3v) is 2.33. The number of amides is 1. The summed E-state index contributed by atoms with van der Waals surface area (Å²) in [6.45, 7) is 1.72. The number of carbonyl (C=O) groups is 1. The normalized spacial score (nSPS) is 10.4. The van der Waals surface area contributed by atoms with Gasteiger partial charge in [0, 0.05) is 13.0 Å². The molecule has 0 saturated heterocycles. The zero-order valence-corrected chi connectivity index (χ0v) is 10.3. The minimum Gasteiger partial charge on any atom is -0.488 e. The maximum absolute atomic E-state index is 12.0. The predicted molar refractivity (Wildman–Crippen MR) is 64.9 cm³/mol. The zero-order chi connectivity index (χ0) is 13.4. The van der Waals surface area contributed by atoms with Gasteiger partial charge in [-0.15, -0.1) is 0 Å². The van der Waals surface area contributed by atoms with E-state index in [1.165, 1.54) is 0 Å². The number of ether oxygens (including phenoxy) is 1. The first-order chi connectivity index (χ1) is 8.61. The average molecular weight is 257 g/mol. The van der Waals surface area contributed by atoms with Gasteiger partial charge >= 0.3 is 0 Å². The topological polar surface area (TPSA) is 38.3 Å². The Kier molecular flexibility index (Phi) is 6.11. The summed E-state index contributed by atoms with van der Waals surface area (Å²) < 4.78 is 28.9. The van der Waals surface area contributed by atoms with Crippen LogP contribution in [0.4, 0.5) is 8.78 Å². The molecule has 3 nitrogen and oxygen atoms in total. The standard InChI is InChI=1S/C13H17F2NO2/c1-2-13(17)16-7-6-10-4-3-5-11(8-10)18-9-12(14)15/h3-5,8,12H,2,6-7,9H2,1H3,(H,16,17). The third-order valence-electron chi connectivity index (χ3n) is 2.33. The van der Waals surface area contributed by atoms with Gasteiger partial charge in [0.1, 0.15) is 12.4 Å². The monoisotopic (exact) mass is 257 g/mol. The van der Waals surface area contributed by atoms with Gasteiger partial charge in [-0.3, -0.25) is 4.79 Å². The van der Waals surface area contributed by atoms with E-state index < -0.39 is 13.0 Å². The minimum absolute atomic E-state index is 0.0000972. The van der Waals surface area contributed by atoms with Crippen LogP contribution >= 0.6 is 0 Å². The van der Waals surface area contributed by atoms with Crippen LogP contribution < -0.4 is 10.1 Å². The van der Waals surface area contributed by atoms with Gasteiger partial charge in [0.25, 0.3) is 6.43 Å². The van der Waals surface area contributed by atoms with Crippen molar-refractivity contribution in [2.75, 3.05) is 13.2 Å². The molecule has 0 saturated carbocycles. The Balaban J connectivity index is 2.41. The van der Waals surface area contributed by atoms with E-state index in [2.05, 4.69) is 5.32 Å². The first-order valence-corrected chi connectivity index (χ1v) is 5.88. The summed E-state index contributed by atoms with van der Waals surface area (Å²) in [7, 11) is 0. The number of carbonyl (C=O) groups excluding carboxylic acids is 1. The fourth-order valence-corrected chi connectivity index (χ4v) is 1.42. The number of nitrogens with one attached hydrogen (secondary N) is 1. The fourth-order valence-electron chi connectivity index (χ4n) is 1.42.